The number of carbonyl (C=O) groups is 1. The van der Waals surface area contributed by atoms with E-state index in [9.17, 15) is 4.79 Å². The number of nitrogens with two attached hydrogens (primary N) is 1. The largest absolute Gasteiger partial charge is 0.368 e. The fourth-order valence-electron chi connectivity index (χ4n) is 3.54. The van der Waals surface area contributed by atoms with E-state index in [0.717, 1.165) is 26.1 Å². The molecule has 2 unspecified atom stereocenters. The molecule has 4 nitrogen and oxygen atoms in total. The van der Waals surface area contributed by atoms with Gasteiger partial charge >= 0.3 is 0 Å². The van der Waals surface area contributed by atoms with Crippen molar-refractivity contribution in [3.05, 3.63) is 0 Å². The average molecular weight is 283 g/mol. The molecule has 118 valence electrons. The third-order valence-corrected chi connectivity index (χ3v) is 5.41. The number of rotatable bonds is 8. The summed E-state index contributed by atoms with van der Waals surface area (Å²) in [5, 5.41) is 3.26. The summed E-state index contributed by atoms with van der Waals surface area (Å²) in [5.74, 6) is -0.248. The van der Waals surface area contributed by atoms with E-state index in [1.807, 2.05) is 13.8 Å². The van der Waals surface area contributed by atoms with Crippen LogP contribution in [0.25, 0.3) is 0 Å². The Balaban J connectivity index is 2.67. The second kappa shape index (κ2) is 6.90. The van der Waals surface area contributed by atoms with Gasteiger partial charge in [-0.05, 0) is 58.0 Å². The predicted molar refractivity (Wildman–Crippen MR) is 84.6 cm³/mol. The molecule has 1 rings (SSSR count). The molecule has 0 aliphatic carbocycles. The molecule has 4 heteroatoms. The highest BCUT2D eigenvalue weighted by Gasteiger charge is 2.39. The van der Waals surface area contributed by atoms with Crippen LogP contribution < -0.4 is 11.1 Å². The van der Waals surface area contributed by atoms with Crippen LogP contribution in [0, 0.1) is 5.41 Å². The Kier molecular flexibility index (Phi) is 6.02. The number of carbonyl (C=O) groups excluding carboxylic acids is 1. The molecule has 0 spiro atoms. The van der Waals surface area contributed by atoms with Crippen LogP contribution in [0.4, 0.5) is 0 Å². The van der Waals surface area contributed by atoms with Crippen molar-refractivity contribution in [1.82, 2.24) is 10.2 Å². The fraction of sp³-hybridized carbons (Fsp3) is 0.938. The van der Waals surface area contributed by atoms with Gasteiger partial charge in [-0.1, -0.05) is 20.8 Å². The lowest BCUT2D eigenvalue weighted by atomic mass is 9.82. The van der Waals surface area contributed by atoms with Crippen LogP contribution in [0.3, 0.4) is 0 Å². The summed E-state index contributed by atoms with van der Waals surface area (Å²) < 4.78 is 0. The average Bonchev–Trinajstić information content (AvgIpc) is 2.84. The molecule has 0 bridgehead atoms. The number of hydrogen-bond acceptors (Lipinski definition) is 3. The number of nitrogens with zero attached hydrogens (tertiary/aromatic N) is 1. The summed E-state index contributed by atoms with van der Waals surface area (Å²) >= 11 is 0. The Morgan fingerprint density at radius 1 is 1.40 bits per heavy atom. The first kappa shape index (κ1) is 17.4. The fourth-order valence-corrected chi connectivity index (χ4v) is 3.54. The molecule has 1 amide bonds. The van der Waals surface area contributed by atoms with Crippen molar-refractivity contribution >= 4 is 5.91 Å². The Hall–Kier alpha value is -0.610. The van der Waals surface area contributed by atoms with Crippen LogP contribution in [0.1, 0.15) is 60.3 Å². The number of nitrogens with one attached hydrogen (secondary N) is 1. The Labute approximate surface area is 124 Å². The standard InChI is InChI=1S/C16H33N3O/c1-6-16(7-2)9-10-19(12-16)13(4)11-15(5,14(17)20)18-8-3/h13,18H,6-12H2,1-5H3,(H2,17,20). The SMILES string of the molecule is CCNC(C)(CC(C)N1CCC(CC)(CC)C1)C(N)=O. The first-order valence-electron chi connectivity index (χ1n) is 8.11. The first-order valence-corrected chi connectivity index (χ1v) is 8.11. The Bertz CT molecular complexity index is 328. The third kappa shape index (κ3) is 3.73. The monoisotopic (exact) mass is 283 g/mol. The molecule has 1 saturated heterocycles. The summed E-state index contributed by atoms with van der Waals surface area (Å²) in [6, 6.07) is 0.381. The van der Waals surface area contributed by atoms with Crippen LogP contribution in [0.2, 0.25) is 0 Å². The highest BCUT2D eigenvalue weighted by atomic mass is 16.1. The minimum Gasteiger partial charge on any atom is -0.368 e. The van der Waals surface area contributed by atoms with Gasteiger partial charge in [0, 0.05) is 12.6 Å². The predicted octanol–water partition coefficient (Wildman–Crippen LogP) is 2.13. The molecule has 3 N–H and O–H groups in total. The molecule has 20 heavy (non-hydrogen) atoms. The van der Waals surface area contributed by atoms with Crippen LogP contribution in [-0.2, 0) is 4.79 Å². The smallest absolute Gasteiger partial charge is 0.237 e. The van der Waals surface area contributed by atoms with E-state index >= 15 is 0 Å². The van der Waals surface area contributed by atoms with Gasteiger partial charge in [0.1, 0.15) is 0 Å². The number of amides is 1. The van der Waals surface area contributed by atoms with E-state index in [1.165, 1.54) is 19.3 Å². The van der Waals surface area contributed by atoms with E-state index in [4.69, 9.17) is 5.73 Å². The number of primary amides is 1. The maximum Gasteiger partial charge on any atom is 0.237 e. The molecule has 1 aliphatic heterocycles. The van der Waals surface area contributed by atoms with Gasteiger partial charge in [0.05, 0.1) is 5.54 Å². The Morgan fingerprint density at radius 3 is 2.40 bits per heavy atom. The highest BCUT2D eigenvalue weighted by Crippen LogP contribution is 2.38. The normalized spacial score (nSPS) is 23.4. The van der Waals surface area contributed by atoms with E-state index in [1.54, 1.807) is 0 Å². The molecule has 1 aliphatic rings. The minimum atomic E-state index is -0.599. The quantitative estimate of drug-likeness (QED) is 0.717. The molecule has 2 atom stereocenters. The molecule has 0 saturated carbocycles. The zero-order valence-corrected chi connectivity index (χ0v) is 14.0. The van der Waals surface area contributed by atoms with Crippen molar-refractivity contribution in [3.63, 3.8) is 0 Å². The van der Waals surface area contributed by atoms with Crippen LogP contribution in [0.5, 0.6) is 0 Å². The van der Waals surface area contributed by atoms with Crippen LogP contribution >= 0.6 is 0 Å². The molecular formula is C16H33N3O. The number of likely N-dealkylation sites (tertiary alicyclic amines) is 1. The van der Waals surface area contributed by atoms with E-state index in [2.05, 4.69) is 31.0 Å². The van der Waals surface area contributed by atoms with E-state index in [-0.39, 0.29) is 5.91 Å². The van der Waals surface area contributed by atoms with Gasteiger partial charge in [0.25, 0.3) is 0 Å². The first-order chi connectivity index (χ1) is 9.32. The lowest BCUT2D eigenvalue weighted by Gasteiger charge is -2.35. The van der Waals surface area contributed by atoms with Gasteiger partial charge < -0.3 is 16.0 Å². The van der Waals surface area contributed by atoms with Crippen molar-refractivity contribution in [3.8, 4) is 0 Å². The molecule has 0 aromatic heterocycles. The maximum absolute atomic E-state index is 11.7. The topological polar surface area (TPSA) is 58.4 Å². The summed E-state index contributed by atoms with van der Waals surface area (Å²) in [7, 11) is 0. The second-order valence-corrected chi connectivity index (χ2v) is 6.71. The van der Waals surface area contributed by atoms with Crippen molar-refractivity contribution < 1.29 is 4.79 Å². The van der Waals surface area contributed by atoms with Gasteiger partial charge in [-0.25, -0.2) is 0 Å². The van der Waals surface area contributed by atoms with Crippen LogP contribution in [-0.4, -0.2) is 42.0 Å². The Morgan fingerprint density at radius 2 is 2.00 bits per heavy atom. The van der Waals surface area contributed by atoms with Gasteiger partial charge in [-0.15, -0.1) is 0 Å². The summed E-state index contributed by atoms with van der Waals surface area (Å²) in [6.45, 7) is 13.8. The zero-order valence-electron chi connectivity index (χ0n) is 14.0. The third-order valence-electron chi connectivity index (χ3n) is 5.41. The van der Waals surface area contributed by atoms with Crippen molar-refractivity contribution in [1.29, 1.82) is 0 Å². The zero-order chi connectivity index (χ0) is 15.4. The van der Waals surface area contributed by atoms with E-state index < -0.39 is 5.54 Å². The second-order valence-electron chi connectivity index (χ2n) is 6.71. The van der Waals surface area contributed by atoms with E-state index in [0.29, 0.717) is 11.5 Å². The van der Waals surface area contributed by atoms with Gasteiger partial charge in [-0.2, -0.15) is 0 Å². The van der Waals surface area contributed by atoms with Gasteiger partial charge in [0.2, 0.25) is 5.91 Å². The summed E-state index contributed by atoms with van der Waals surface area (Å²) in [6.07, 6.45) is 4.54. The van der Waals surface area contributed by atoms with Gasteiger partial charge in [-0.3, -0.25) is 4.79 Å². The highest BCUT2D eigenvalue weighted by molar-refractivity contribution is 5.84. The lowest BCUT2D eigenvalue weighted by Crippen LogP contribution is -2.56. The van der Waals surface area contributed by atoms with Gasteiger partial charge in [0.15, 0.2) is 0 Å². The lowest BCUT2D eigenvalue weighted by molar-refractivity contribution is -0.124. The summed E-state index contributed by atoms with van der Waals surface area (Å²) in [5.41, 5.74) is 5.47. The number of likely N-dealkylation sites (N-methyl/N-ethyl adjacent to an activating group) is 1. The molecule has 0 radical (unpaired) electrons. The minimum absolute atomic E-state index is 0.248. The summed E-state index contributed by atoms with van der Waals surface area (Å²) in [4.78, 5) is 14.3. The molecule has 1 fully saturated rings. The van der Waals surface area contributed by atoms with Crippen molar-refractivity contribution in [2.45, 2.75) is 71.9 Å². The molecule has 1 heterocycles. The van der Waals surface area contributed by atoms with Crippen LogP contribution in [0.15, 0.2) is 0 Å². The molecule has 0 aromatic rings. The number of hydrogen-bond donors (Lipinski definition) is 2. The van der Waals surface area contributed by atoms with Crippen molar-refractivity contribution in [2.75, 3.05) is 19.6 Å². The molecule has 0 aromatic carbocycles. The maximum atomic E-state index is 11.7. The molecular weight excluding hydrogens is 250 g/mol. The van der Waals surface area contributed by atoms with Crippen molar-refractivity contribution in [2.24, 2.45) is 11.1 Å².